The Bertz CT molecular complexity index is 863. The van der Waals surface area contributed by atoms with Crippen molar-refractivity contribution in [1.82, 2.24) is 0 Å². The molecule has 3 aromatic carbocycles. The van der Waals surface area contributed by atoms with E-state index in [4.69, 9.17) is 21.5 Å². The summed E-state index contributed by atoms with van der Waals surface area (Å²) in [6.07, 6.45) is 0.697. The summed E-state index contributed by atoms with van der Waals surface area (Å²) in [4.78, 5) is 0. The topological polar surface area (TPSA) is 55.8 Å². The Hall–Kier alpha value is -2.53. The fraction of sp³-hybridized carbons (Fsp3) is 0.100. The quantitative estimate of drug-likeness (QED) is 0.632. The lowest BCUT2D eigenvalue weighted by Crippen LogP contribution is -2.06. The molecule has 0 unspecified atom stereocenters. The Kier molecular flexibility index (Phi) is 5.24. The van der Waals surface area contributed by atoms with Gasteiger partial charge in [-0.1, -0.05) is 41.9 Å². The van der Waals surface area contributed by atoms with Crippen LogP contribution in [-0.4, -0.2) is 12.3 Å². The predicted octanol–water partition coefficient (Wildman–Crippen LogP) is 5.30. The van der Waals surface area contributed by atoms with Crippen LogP contribution in [0.1, 0.15) is 11.1 Å². The van der Waals surface area contributed by atoms with Crippen LogP contribution in [0.5, 0.6) is 5.75 Å². The van der Waals surface area contributed by atoms with E-state index in [-0.39, 0.29) is 10.9 Å². The maximum atomic E-state index is 10.9. The highest BCUT2D eigenvalue weighted by Gasteiger charge is 2.08. The molecule has 1 N–H and O–H groups in total. The lowest BCUT2D eigenvalue weighted by atomic mass is 9.98. The Morgan fingerprint density at radius 2 is 1.72 bits per heavy atom. The maximum absolute atomic E-state index is 10.9. The van der Waals surface area contributed by atoms with Crippen molar-refractivity contribution in [2.24, 2.45) is 0 Å². The molecule has 25 heavy (non-hydrogen) atoms. The lowest BCUT2D eigenvalue weighted by Gasteiger charge is -2.21. The van der Waals surface area contributed by atoms with Gasteiger partial charge >= 0.3 is 0 Å². The molecular formula is C20H17ClNO3-. The maximum Gasteiger partial charge on any atom is 0.126 e. The van der Waals surface area contributed by atoms with E-state index < -0.39 is 0 Å². The first-order chi connectivity index (χ1) is 12.1. The van der Waals surface area contributed by atoms with Crippen molar-refractivity contribution >= 4 is 17.3 Å². The molecule has 3 aromatic rings. The Balaban J connectivity index is 1.91. The average Bonchev–Trinajstić information content (AvgIpc) is 2.62. The molecule has 0 aliphatic rings. The molecular weight excluding hydrogens is 338 g/mol. The number of rotatable bonds is 5. The van der Waals surface area contributed by atoms with Gasteiger partial charge in [0.1, 0.15) is 5.75 Å². The van der Waals surface area contributed by atoms with Crippen LogP contribution >= 0.6 is 11.6 Å². The lowest BCUT2D eigenvalue weighted by molar-refractivity contribution is 0.296. The van der Waals surface area contributed by atoms with Crippen LogP contribution in [0.3, 0.4) is 0 Å². The first-order valence-electron chi connectivity index (χ1n) is 7.75. The second kappa shape index (κ2) is 7.57. The van der Waals surface area contributed by atoms with E-state index in [1.165, 1.54) is 0 Å². The van der Waals surface area contributed by atoms with E-state index in [0.29, 0.717) is 11.4 Å². The van der Waals surface area contributed by atoms with Crippen LogP contribution < -0.4 is 9.96 Å². The van der Waals surface area contributed by atoms with E-state index >= 15 is 0 Å². The van der Waals surface area contributed by atoms with E-state index in [1.807, 2.05) is 48.5 Å². The smallest absolute Gasteiger partial charge is 0.126 e. The monoisotopic (exact) mass is 354 g/mol. The summed E-state index contributed by atoms with van der Waals surface area (Å²) in [5.41, 5.74) is 4.31. The fourth-order valence-corrected chi connectivity index (χ4v) is 2.91. The molecule has 0 saturated carbocycles. The zero-order valence-corrected chi connectivity index (χ0v) is 14.4. The molecule has 0 heterocycles. The van der Waals surface area contributed by atoms with E-state index in [1.54, 1.807) is 19.2 Å². The molecule has 0 radical (unpaired) electrons. The molecule has 0 aromatic heterocycles. The predicted molar refractivity (Wildman–Crippen MR) is 100 cm³/mol. The zero-order chi connectivity index (χ0) is 17.8. The first-order valence-corrected chi connectivity index (χ1v) is 8.12. The van der Waals surface area contributed by atoms with Crippen LogP contribution in [0.4, 0.5) is 5.69 Å². The number of ether oxygens (including phenoxy) is 1. The molecule has 0 spiro atoms. The van der Waals surface area contributed by atoms with Crippen LogP contribution in [0, 0.1) is 5.21 Å². The summed E-state index contributed by atoms with van der Waals surface area (Å²) >= 11 is 6.11. The third-order valence-electron chi connectivity index (χ3n) is 3.96. The van der Waals surface area contributed by atoms with Gasteiger partial charge in [-0.2, -0.15) is 0 Å². The Morgan fingerprint density at radius 1 is 1.00 bits per heavy atom. The molecule has 5 heteroatoms. The van der Waals surface area contributed by atoms with Crippen molar-refractivity contribution in [2.75, 3.05) is 12.3 Å². The van der Waals surface area contributed by atoms with Crippen molar-refractivity contribution in [1.29, 1.82) is 0 Å². The van der Waals surface area contributed by atoms with Crippen molar-refractivity contribution in [3.63, 3.8) is 0 Å². The second-order valence-electron chi connectivity index (χ2n) is 5.66. The molecule has 0 atom stereocenters. The summed E-state index contributed by atoms with van der Waals surface area (Å²) in [6.45, 7) is 0. The summed E-state index contributed by atoms with van der Waals surface area (Å²) in [5.74, 6) is 0.781. The van der Waals surface area contributed by atoms with Crippen molar-refractivity contribution in [3.05, 3.63) is 88.1 Å². The number of hydrogen-bond acceptors (Lipinski definition) is 4. The normalized spacial score (nSPS) is 10.6. The molecule has 0 aliphatic heterocycles. The van der Waals surface area contributed by atoms with Gasteiger partial charge in [-0.3, -0.25) is 5.21 Å². The van der Waals surface area contributed by atoms with Gasteiger partial charge in [0, 0.05) is 10.6 Å². The molecule has 0 aliphatic carbocycles. The minimum absolute atomic E-state index is 0.144. The Labute approximate surface area is 151 Å². The van der Waals surface area contributed by atoms with Gasteiger partial charge in [-0.25, -0.2) is 0 Å². The van der Waals surface area contributed by atoms with E-state index in [0.717, 1.165) is 28.0 Å². The van der Waals surface area contributed by atoms with Crippen molar-refractivity contribution < 1.29 is 9.94 Å². The number of benzene rings is 3. The molecule has 0 amide bonds. The second-order valence-corrected chi connectivity index (χ2v) is 6.10. The van der Waals surface area contributed by atoms with E-state index in [2.05, 4.69) is 6.07 Å². The number of methoxy groups -OCH3 is 1. The first kappa shape index (κ1) is 17.3. The van der Waals surface area contributed by atoms with Crippen LogP contribution in [-0.2, 0) is 6.42 Å². The molecule has 128 valence electrons. The molecule has 4 nitrogen and oxygen atoms in total. The molecule has 0 saturated heterocycles. The fourth-order valence-electron chi connectivity index (χ4n) is 2.72. The SMILES string of the molecule is COc1ccc(Cc2ccc(N([O-])O)cc2)cc1-c1cccc(Cl)c1. The van der Waals surface area contributed by atoms with Crippen LogP contribution in [0.25, 0.3) is 11.1 Å². The molecule has 0 fully saturated rings. The van der Waals surface area contributed by atoms with Gasteiger partial charge in [0.05, 0.1) is 12.8 Å². The number of hydrogen-bond donors (Lipinski definition) is 1. The third-order valence-corrected chi connectivity index (χ3v) is 4.20. The zero-order valence-electron chi connectivity index (χ0n) is 13.6. The summed E-state index contributed by atoms with van der Waals surface area (Å²) < 4.78 is 5.48. The van der Waals surface area contributed by atoms with Crippen LogP contribution in [0.2, 0.25) is 5.02 Å². The van der Waals surface area contributed by atoms with Gasteiger partial charge < -0.3 is 15.2 Å². The highest BCUT2D eigenvalue weighted by Crippen LogP contribution is 2.33. The number of halogens is 1. The minimum atomic E-state index is -0.144. The summed E-state index contributed by atoms with van der Waals surface area (Å²) in [5, 5.41) is 20.3. The highest BCUT2D eigenvalue weighted by atomic mass is 35.5. The van der Waals surface area contributed by atoms with Crippen LogP contribution in [0.15, 0.2) is 66.7 Å². The van der Waals surface area contributed by atoms with Gasteiger partial charge in [0.25, 0.3) is 0 Å². The highest BCUT2D eigenvalue weighted by molar-refractivity contribution is 6.30. The number of nitrogens with zero attached hydrogens (tertiary/aromatic N) is 1. The average molecular weight is 355 g/mol. The van der Waals surface area contributed by atoms with Crippen molar-refractivity contribution in [3.8, 4) is 16.9 Å². The molecule has 0 bridgehead atoms. The number of anilines is 1. The van der Waals surface area contributed by atoms with Gasteiger partial charge in [0.15, 0.2) is 0 Å². The summed E-state index contributed by atoms with van der Waals surface area (Å²) in [7, 11) is 1.64. The van der Waals surface area contributed by atoms with Gasteiger partial charge in [-0.15, -0.1) is 0 Å². The van der Waals surface area contributed by atoms with Gasteiger partial charge in [0.2, 0.25) is 0 Å². The van der Waals surface area contributed by atoms with Crippen molar-refractivity contribution in [2.45, 2.75) is 6.42 Å². The molecule has 3 rings (SSSR count). The summed E-state index contributed by atoms with van der Waals surface area (Å²) in [6, 6.07) is 20.5. The minimum Gasteiger partial charge on any atom is -0.733 e. The van der Waals surface area contributed by atoms with E-state index in [9.17, 15) is 5.21 Å². The van der Waals surface area contributed by atoms with Gasteiger partial charge in [-0.05, 0) is 59.5 Å². The Morgan fingerprint density at radius 3 is 2.36 bits per heavy atom. The standard InChI is InChI=1S/C20H17ClNO3/c1-25-20-10-7-15(11-14-5-8-18(9-6-14)22(23)24)12-19(20)16-3-2-4-17(21)13-16/h2-10,12-13,23H,11H2,1H3/q-1. The third kappa shape index (κ3) is 4.12. The largest absolute Gasteiger partial charge is 0.733 e.